The number of fused-ring (bicyclic) bond motifs is 1. The third-order valence-corrected chi connectivity index (χ3v) is 3.22. The van der Waals surface area contributed by atoms with E-state index in [9.17, 15) is 0 Å². The van der Waals surface area contributed by atoms with Crippen molar-refractivity contribution in [3.8, 4) is 0 Å². The van der Waals surface area contributed by atoms with E-state index in [0.717, 1.165) is 29.4 Å². The van der Waals surface area contributed by atoms with E-state index in [1.807, 2.05) is 18.3 Å². The molecule has 2 heterocycles. The summed E-state index contributed by atoms with van der Waals surface area (Å²) in [4.78, 5) is 4.14. The lowest BCUT2D eigenvalue weighted by atomic mass is 9.74. The van der Waals surface area contributed by atoms with Crippen LogP contribution in [0.2, 0.25) is 0 Å². The summed E-state index contributed by atoms with van der Waals surface area (Å²) in [5, 5.41) is 2.27. The molecule has 0 aliphatic carbocycles. The van der Waals surface area contributed by atoms with Gasteiger partial charge in [0.2, 0.25) is 0 Å². The highest BCUT2D eigenvalue weighted by atomic mass is 16.6. The fourth-order valence-corrected chi connectivity index (χ4v) is 2.23. The first-order valence-corrected chi connectivity index (χ1v) is 6.22. The highest BCUT2D eigenvalue weighted by molar-refractivity contribution is 6.64. The van der Waals surface area contributed by atoms with Crippen LogP contribution >= 0.6 is 0 Å². The van der Waals surface area contributed by atoms with Crippen LogP contribution in [0, 0.1) is 5.41 Å². The minimum atomic E-state index is -0.260. The molecule has 1 aromatic carbocycles. The number of aromatic nitrogens is 1. The summed E-state index contributed by atoms with van der Waals surface area (Å²) in [6, 6.07) is 8.15. The lowest BCUT2D eigenvalue weighted by Crippen LogP contribution is -2.47. The first-order valence-electron chi connectivity index (χ1n) is 6.22. The Kier molecular flexibility index (Phi) is 2.84. The van der Waals surface area contributed by atoms with Crippen LogP contribution in [-0.4, -0.2) is 25.3 Å². The van der Waals surface area contributed by atoms with Crippen molar-refractivity contribution in [3.63, 3.8) is 0 Å². The van der Waals surface area contributed by atoms with Gasteiger partial charge >= 0.3 is 7.12 Å². The molecule has 0 unspecified atom stereocenters. The van der Waals surface area contributed by atoms with E-state index < -0.39 is 0 Å². The SMILES string of the molecule is CC1(C)COB(c2cccc3cnccc23)OC1. The average molecular weight is 241 g/mol. The second-order valence-corrected chi connectivity index (χ2v) is 5.56. The molecule has 0 atom stereocenters. The Morgan fingerprint density at radius 1 is 1.17 bits per heavy atom. The monoisotopic (exact) mass is 241 g/mol. The number of nitrogens with zero attached hydrogens (tertiary/aromatic N) is 1. The zero-order chi connectivity index (χ0) is 12.6. The number of pyridine rings is 1. The van der Waals surface area contributed by atoms with Crippen molar-refractivity contribution in [3.05, 3.63) is 36.7 Å². The summed E-state index contributed by atoms with van der Waals surface area (Å²) in [6.07, 6.45) is 3.67. The maximum atomic E-state index is 5.84. The van der Waals surface area contributed by atoms with Crippen LogP contribution in [0.5, 0.6) is 0 Å². The van der Waals surface area contributed by atoms with Gasteiger partial charge in [-0.3, -0.25) is 4.98 Å². The molecule has 0 radical (unpaired) electrons. The summed E-state index contributed by atoms with van der Waals surface area (Å²) in [5.41, 5.74) is 1.19. The van der Waals surface area contributed by atoms with Gasteiger partial charge in [-0.15, -0.1) is 0 Å². The first kappa shape index (κ1) is 11.7. The van der Waals surface area contributed by atoms with E-state index in [1.165, 1.54) is 0 Å². The number of benzene rings is 1. The predicted octanol–water partition coefficient (Wildman–Crippen LogP) is 2.00. The second kappa shape index (κ2) is 4.37. The lowest BCUT2D eigenvalue weighted by Gasteiger charge is -2.33. The Labute approximate surface area is 107 Å². The molecule has 1 saturated heterocycles. The van der Waals surface area contributed by atoms with E-state index in [1.54, 1.807) is 6.20 Å². The van der Waals surface area contributed by atoms with Gasteiger partial charge in [-0.1, -0.05) is 32.0 Å². The molecule has 92 valence electrons. The summed E-state index contributed by atoms with van der Waals surface area (Å²) in [6.45, 7) is 5.74. The molecular weight excluding hydrogens is 225 g/mol. The number of hydrogen-bond acceptors (Lipinski definition) is 3. The zero-order valence-electron chi connectivity index (χ0n) is 10.7. The fraction of sp³-hybridized carbons (Fsp3) is 0.357. The predicted molar refractivity (Wildman–Crippen MR) is 72.8 cm³/mol. The Hall–Kier alpha value is -1.39. The summed E-state index contributed by atoms with van der Waals surface area (Å²) in [5.74, 6) is 0. The molecule has 1 aliphatic rings. The Morgan fingerprint density at radius 2 is 1.94 bits per heavy atom. The van der Waals surface area contributed by atoms with E-state index in [4.69, 9.17) is 9.31 Å². The Morgan fingerprint density at radius 3 is 2.72 bits per heavy atom. The minimum absolute atomic E-state index is 0.0998. The summed E-state index contributed by atoms with van der Waals surface area (Å²) >= 11 is 0. The van der Waals surface area contributed by atoms with Gasteiger partial charge in [0.15, 0.2) is 0 Å². The molecule has 18 heavy (non-hydrogen) atoms. The molecular formula is C14H16BNO2. The maximum absolute atomic E-state index is 5.84. The van der Waals surface area contributed by atoms with E-state index in [0.29, 0.717) is 0 Å². The molecule has 4 heteroatoms. The van der Waals surface area contributed by atoms with Gasteiger partial charge in [0.05, 0.1) is 0 Å². The average Bonchev–Trinajstić information content (AvgIpc) is 2.38. The second-order valence-electron chi connectivity index (χ2n) is 5.56. The van der Waals surface area contributed by atoms with Gasteiger partial charge in [-0.2, -0.15) is 0 Å². The van der Waals surface area contributed by atoms with Crippen molar-refractivity contribution in [2.24, 2.45) is 5.41 Å². The smallest absolute Gasteiger partial charge is 0.407 e. The molecule has 0 bridgehead atoms. The van der Waals surface area contributed by atoms with Crippen LogP contribution in [0.4, 0.5) is 0 Å². The van der Waals surface area contributed by atoms with E-state index in [-0.39, 0.29) is 12.5 Å². The Balaban J connectivity index is 1.96. The lowest BCUT2D eigenvalue weighted by molar-refractivity contribution is 0.0344. The van der Waals surface area contributed by atoms with E-state index in [2.05, 4.69) is 31.0 Å². The molecule has 0 N–H and O–H groups in total. The minimum Gasteiger partial charge on any atom is -0.407 e. The van der Waals surface area contributed by atoms with Crippen LogP contribution in [-0.2, 0) is 9.31 Å². The molecule has 0 saturated carbocycles. The molecule has 1 aromatic heterocycles. The highest BCUT2D eigenvalue weighted by Crippen LogP contribution is 2.22. The van der Waals surface area contributed by atoms with E-state index >= 15 is 0 Å². The van der Waals surface area contributed by atoms with Crippen molar-refractivity contribution >= 4 is 23.4 Å². The van der Waals surface area contributed by atoms with Crippen molar-refractivity contribution in [2.75, 3.05) is 13.2 Å². The first-order chi connectivity index (χ1) is 8.66. The zero-order valence-corrected chi connectivity index (χ0v) is 10.7. The number of hydrogen-bond donors (Lipinski definition) is 0. The van der Waals surface area contributed by atoms with Crippen LogP contribution < -0.4 is 5.46 Å². The fourth-order valence-electron chi connectivity index (χ4n) is 2.23. The maximum Gasteiger partial charge on any atom is 0.494 e. The van der Waals surface area contributed by atoms with Crippen LogP contribution in [0.1, 0.15) is 13.8 Å². The van der Waals surface area contributed by atoms with Crippen LogP contribution in [0.3, 0.4) is 0 Å². The van der Waals surface area contributed by atoms with Crippen molar-refractivity contribution in [1.82, 2.24) is 4.98 Å². The van der Waals surface area contributed by atoms with Gasteiger partial charge in [-0.25, -0.2) is 0 Å². The molecule has 2 aromatic rings. The third kappa shape index (κ3) is 2.14. The number of rotatable bonds is 1. The molecule has 3 rings (SSSR count). The molecule has 3 nitrogen and oxygen atoms in total. The van der Waals surface area contributed by atoms with Crippen LogP contribution in [0.15, 0.2) is 36.7 Å². The van der Waals surface area contributed by atoms with Crippen molar-refractivity contribution in [1.29, 1.82) is 0 Å². The standard InChI is InChI=1S/C14H16BNO2/c1-14(2)9-17-15(18-10-14)13-5-3-4-11-8-16-7-6-12(11)13/h3-8H,9-10H2,1-2H3. The molecule has 0 spiro atoms. The van der Waals surface area contributed by atoms with Crippen LogP contribution in [0.25, 0.3) is 10.8 Å². The largest absolute Gasteiger partial charge is 0.494 e. The van der Waals surface area contributed by atoms with Gasteiger partial charge in [0.25, 0.3) is 0 Å². The molecule has 0 amide bonds. The summed E-state index contributed by atoms with van der Waals surface area (Å²) < 4.78 is 11.7. The molecule has 1 fully saturated rings. The van der Waals surface area contributed by atoms with Crippen molar-refractivity contribution < 1.29 is 9.31 Å². The quantitative estimate of drug-likeness (QED) is 0.715. The van der Waals surface area contributed by atoms with Gasteiger partial charge in [0, 0.05) is 31.0 Å². The third-order valence-electron chi connectivity index (χ3n) is 3.22. The van der Waals surface area contributed by atoms with Crippen molar-refractivity contribution in [2.45, 2.75) is 13.8 Å². The summed E-state index contributed by atoms with van der Waals surface area (Å²) in [7, 11) is -0.260. The topological polar surface area (TPSA) is 31.4 Å². The Bertz CT molecular complexity index is 555. The highest BCUT2D eigenvalue weighted by Gasteiger charge is 2.34. The van der Waals surface area contributed by atoms with Gasteiger partial charge < -0.3 is 9.31 Å². The van der Waals surface area contributed by atoms with Gasteiger partial charge in [0.1, 0.15) is 0 Å². The normalized spacial score (nSPS) is 19.1. The molecule has 1 aliphatic heterocycles. The van der Waals surface area contributed by atoms with Gasteiger partial charge in [-0.05, 0) is 22.3 Å².